The Kier molecular flexibility index (Phi) is 10.4. The van der Waals surface area contributed by atoms with Gasteiger partial charge in [0.15, 0.2) is 0 Å². The van der Waals surface area contributed by atoms with Crippen molar-refractivity contribution in [1.82, 2.24) is 15.5 Å². The molecule has 0 saturated carbocycles. The van der Waals surface area contributed by atoms with Crippen LogP contribution in [0.4, 0.5) is 0 Å². The summed E-state index contributed by atoms with van der Waals surface area (Å²) in [6.45, 7) is 6.00. The Bertz CT molecular complexity index is 616. The van der Waals surface area contributed by atoms with Crippen LogP contribution in [0.5, 0.6) is 0 Å². The normalized spacial score (nSPS) is 16.2. The van der Waals surface area contributed by atoms with E-state index in [-0.39, 0.29) is 11.8 Å². The fourth-order valence-corrected chi connectivity index (χ4v) is 4.00. The van der Waals surface area contributed by atoms with E-state index in [1.165, 1.54) is 38.8 Å². The first-order valence-electron chi connectivity index (χ1n) is 10.5. The number of nitrogens with zero attached hydrogens (tertiary/aromatic N) is 1. The van der Waals surface area contributed by atoms with Gasteiger partial charge in [0.1, 0.15) is 6.04 Å². The molecule has 0 bridgehead atoms. The summed E-state index contributed by atoms with van der Waals surface area (Å²) in [6.07, 6.45) is 8.85. The topological polar surface area (TPSA) is 61.4 Å². The van der Waals surface area contributed by atoms with E-state index in [0.717, 1.165) is 24.3 Å². The average Bonchev–Trinajstić information content (AvgIpc) is 2.97. The van der Waals surface area contributed by atoms with Crippen molar-refractivity contribution in [3.63, 3.8) is 0 Å². The van der Waals surface area contributed by atoms with Gasteiger partial charge in [-0.2, -0.15) is 11.8 Å². The highest BCUT2D eigenvalue weighted by atomic mass is 32.2. The number of aryl methyl sites for hydroxylation is 1. The Hall–Kier alpha value is -1.53. The van der Waals surface area contributed by atoms with E-state index in [1.807, 2.05) is 31.4 Å². The predicted molar refractivity (Wildman–Crippen MR) is 118 cm³/mol. The number of carbonyl (C=O) groups is 2. The van der Waals surface area contributed by atoms with Crippen LogP contribution in [0.1, 0.15) is 54.4 Å². The molecule has 156 valence electrons. The van der Waals surface area contributed by atoms with Crippen molar-refractivity contribution in [2.24, 2.45) is 0 Å². The molecule has 1 aliphatic rings. The van der Waals surface area contributed by atoms with Crippen molar-refractivity contribution in [1.29, 1.82) is 0 Å². The van der Waals surface area contributed by atoms with E-state index in [1.54, 1.807) is 17.8 Å². The number of rotatable bonds is 10. The van der Waals surface area contributed by atoms with Gasteiger partial charge in [-0.05, 0) is 76.4 Å². The number of hydrogen-bond donors (Lipinski definition) is 2. The van der Waals surface area contributed by atoms with Crippen molar-refractivity contribution >= 4 is 23.6 Å². The number of amides is 2. The van der Waals surface area contributed by atoms with Crippen molar-refractivity contribution in [2.75, 3.05) is 38.2 Å². The highest BCUT2D eigenvalue weighted by Gasteiger charge is 2.21. The molecule has 6 heteroatoms. The molecule has 1 aromatic rings. The Labute approximate surface area is 174 Å². The molecule has 1 unspecified atom stereocenters. The summed E-state index contributed by atoms with van der Waals surface area (Å²) in [5.74, 6) is 0.570. The van der Waals surface area contributed by atoms with Gasteiger partial charge >= 0.3 is 0 Å². The third-order valence-electron chi connectivity index (χ3n) is 5.16. The highest BCUT2D eigenvalue weighted by Crippen LogP contribution is 2.10. The Balaban J connectivity index is 1.80. The molecule has 2 amide bonds. The first-order valence-corrected chi connectivity index (χ1v) is 11.9. The molecule has 1 aliphatic heterocycles. The molecule has 0 aliphatic carbocycles. The number of hydrogen-bond acceptors (Lipinski definition) is 4. The standard InChI is InChI=1S/C22H35N3O2S/c1-18-9-7-10-19(17-18)21(26)24-20(11-16-28-2)22(27)23-12-8-15-25-13-5-3-4-6-14-25/h7,9-10,17,20H,3-6,8,11-16H2,1-2H3,(H,23,27)(H,24,26). The van der Waals surface area contributed by atoms with Gasteiger partial charge in [-0.1, -0.05) is 30.5 Å². The minimum atomic E-state index is -0.487. The maximum atomic E-state index is 12.6. The Morgan fingerprint density at radius 1 is 1.18 bits per heavy atom. The van der Waals surface area contributed by atoms with Gasteiger partial charge in [0, 0.05) is 12.1 Å². The molecule has 0 aromatic heterocycles. The third kappa shape index (κ3) is 8.23. The SMILES string of the molecule is CSCCC(NC(=O)c1cccc(C)c1)C(=O)NCCCN1CCCCCC1. The Morgan fingerprint density at radius 3 is 2.61 bits per heavy atom. The first kappa shape index (κ1) is 22.8. The van der Waals surface area contributed by atoms with Gasteiger partial charge < -0.3 is 15.5 Å². The zero-order valence-corrected chi connectivity index (χ0v) is 18.2. The minimum absolute atomic E-state index is 0.0779. The lowest BCUT2D eigenvalue weighted by atomic mass is 10.1. The monoisotopic (exact) mass is 405 g/mol. The number of likely N-dealkylation sites (tertiary alicyclic amines) is 1. The molecule has 5 nitrogen and oxygen atoms in total. The fourth-order valence-electron chi connectivity index (χ4n) is 3.53. The van der Waals surface area contributed by atoms with Gasteiger partial charge in [-0.15, -0.1) is 0 Å². The van der Waals surface area contributed by atoms with Crippen LogP contribution in [-0.4, -0.2) is 60.9 Å². The molecule has 1 fully saturated rings. The maximum Gasteiger partial charge on any atom is 0.251 e. The van der Waals surface area contributed by atoms with Crippen LogP contribution in [0.3, 0.4) is 0 Å². The van der Waals surface area contributed by atoms with E-state index in [9.17, 15) is 9.59 Å². The lowest BCUT2D eigenvalue weighted by Gasteiger charge is -2.21. The predicted octanol–water partition coefficient (Wildman–Crippen LogP) is 3.23. The Morgan fingerprint density at radius 2 is 1.93 bits per heavy atom. The summed E-state index contributed by atoms with van der Waals surface area (Å²) in [6, 6.07) is 6.97. The van der Waals surface area contributed by atoms with E-state index < -0.39 is 6.04 Å². The average molecular weight is 406 g/mol. The molecule has 0 spiro atoms. The van der Waals surface area contributed by atoms with Crippen LogP contribution >= 0.6 is 11.8 Å². The van der Waals surface area contributed by atoms with Crippen LogP contribution in [-0.2, 0) is 4.79 Å². The van der Waals surface area contributed by atoms with Gasteiger partial charge in [-0.25, -0.2) is 0 Å². The molecular weight excluding hydrogens is 370 g/mol. The molecule has 1 heterocycles. The van der Waals surface area contributed by atoms with E-state index in [0.29, 0.717) is 18.5 Å². The van der Waals surface area contributed by atoms with Crippen LogP contribution in [0.2, 0.25) is 0 Å². The smallest absolute Gasteiger partial charge is 0.251 e. The van der Waals surface area contributed by atoms with E-state index >= 15 is 0 Å². The summed E-state index contributed by atoms with van der Waals surface area (Å²) < 4.78 is 0. The number of thioether (sulfide) groups is 1. The molecule has 0 radical (unpaired) electrons. The summed E-state index contributed by atoms with van der Waals surface area (Å²) in [4.78, 5) is 27.7. The molecule has 2 N–H and O–H groups in total. The molecular formula is C22H35N3O2S. The zero-order valence-electron chi connectivity index (χ0n) is 17.3. The van der Waals surface area contributed by atoms with Crippen molar-refractivity contribution in [3.05, 3.63) is 35.4 Å². The van der Waals surface area contributed by atoms with Crippen LogP contribution < -0.4 is 10.6 Å². The van der Waals surface area contributed by atoms with E-state index in [2.05, 4.69) is 15.5 Å². The summed E-state index contributed by atoms with van der Waals surface area (Å²) >= 11 is 1.68. The molecule has 1 aromatic carbocycles. The number of nitrogens with one attached hydrogen (secondary N) is 2. The number of carbonyl (C=O) groups excluding carboxylic acids is 2. The van der Waals surface area contributed by atoms with Crippen molar-refractivity contribution < 1.29 is 9.59 Å². The second-order valence-electron chi connectivity index (χ2n) is 7.58. The maximum absolute atomic E-state index is 12.6. The zero-order chi connectivity index (χ0) is 20.2. The number of benzene rings is 1. The van der Waals surface area contributed by atoms with Gasteiger partial charge in [0.25, 0.3) is 5.91 Å². The molecule has 1 atom stereocenters. The fraction of sp³-hybridized carbons (Fsp3) is 0.636. The summed E-state index contributed by atoms with van der Waals surface area (Å²) in [7, 11) is 0. The van der Waals surface area contributed by atoms with Crippen LogP contribution in [0, 0.1) is 6.92 Å². The lowest BCUT2D eigenvalue weighted by Crippen LogP contribution is -2.47. The summed E-state index contributed by atoms with van der Waals surface area (Å²) in [5, 5.41) is 5.94. The largest absolute Gasteiger partial charge is 0.354 e. The molecule has 28 heavy (non-hydrogen) atoms. The highest BCUT2D eigenvalue weighted by molar-refractivity contribution is 7.98. The second-order valence-corrected chi connectivity index (χ2v) is 8.56. The van der Waals surface area contributed by atoms with E-state index in [4.69, 9.17) is 0 Å². The molecule has 2 rings (SSSR count). The van der Waals surface area contributed by atoms with Crippen LogP contribution in [0.25, 0.3) is 0 Å². The van der Waals surface area contributed by atoms with Gasteiger partial charge in [0.2, 0.25) is 5.91 Å². The first-order chi connectivity index (χ1) is 13.6. The molecule has 1 saturated heterocycles. The van der Waals surface area contributed by atoms with Gasteiger partial charge in [0.05, 0.1) is 0 Å². The minimum Gasteiger partial charge on any atom is -0.354 e. The second kappa shape index (κ2) is 12.8. The lowest BCUT2D eigenvalue weighted by molar-refractivity contribution is -0.123. The third-order valence-corrected chi connectivity index (χ3v) is 5.81. The van der Waals surface area contributed by atoms with Crippen LogP contribution in [0.15, 0.2) is 24.3 Å². The van der Waals surface area contributed by atoms with Crippen molar-refractivity contribution in [3.8, 4) is 0 Å². The summed E-state index contributed by atoms with van der Waals surface area (Å²) in [5.41, 5.74) is 1.63. The quantitative estimate of drug-likeness (QED) is 0.587. The van der Waals surface area contributed by atoms with Gasteiger partial charge in [-0.3, -0.25) is 9.59 Å². The van der Waals surface area contributed by atoms with Crippen molar-refractivity contribution in [2.45, 2.75) is 51.5 Å².